The van der Waals surface area contributed by atoms with Gasteiger partial charge in [-0.05, 0) is 12.1 Å². The van der Waals surface area contributed by atoms with Gasteiger partial charge in [-0.25, -0.2) is 4.79 Å². The van der Waals surface area contributed by atoms with E-state index in [1.54, 1.807) is 30.3 Å². The molecule has 7 heteroatoms. The molecule has 0 saturated carbocycles. The molecule has 1 atom stereocenters. The summed E-state index contributed by atoms with van der Waals surface area (Å²) < 4.78 is 0. The molecule has 0 aliphatic heterocycles. The van der Waals surface area contributed by atoms with Crippen LogP contribution in [0.4, 0.5) is 0 Å². The molecule has 0 spiro atoms. The number of benzene rings is 1. The summed E-state index contributed by atoms with van der Waals surface area (Å²) in [5.74, 6) is -2.92. The zero-order valence-corrected chi connectivity index (χ0v) is 10.7. The lowest BCUT2D eigenvalue weighted by atomic mass is 10.2. The molecule has 19 heavy (non-hydrogen) atoms. The summed E-state index contributed by atoms with van der Waals surface area (Å²) in [5, 5.41) is 19.8. The van der Waals surface area contributed by atoms with Gasteiger partial charge in [0.15, 0.2) is 0 Å². The van der Waals surface area contributed by atoms with Crippen LogP contribution in [0, 0.1) is 0 Å². The van der Waals surface area contributed by atoms with Crippen molar-refractivity contribution in [1.82, 2.24) is 5.32 Å². The highest BCUT2D eigenvalue weighted by Crippen LogP contribution is 2.05. The highest BCUT2D eigenvalue weighted by molar-refractivity contribution is 8.00. The molecule has 6 nitrogen and oxygen atoms in total. The van der Waals surface area contributed by atoms with E-state index in [0.29, 0.717) is 5.56 Å². The number of carboxylic acids is 2. The predicted octanol–water partition coefficient (Wildman–Crippen LogP) is 0.687. The molecule has 0 unspecified atom stereocenters. The molecule has 1 aromatic rings. The molecule has 0 aliphatic carbocycles. The van der Waals surface area contributed by atoms with Crippen LogP contribution < -0.4 is 5.32 Å². The molecule has 0 fully saturated rings. The largest absolute Gasteiger partial charge is 0.481 e. The zero-order valence-electron chi connectivity index (χ0n) is 9.91. The minimum absolute atomic E-state index is 0.000205. The fourth-order valence-electron chi connectivity index (χ4n) is 1.27. The summed E-state index contributed by atoms with van der Waals surface area (Å²) in [7, 11) is 0. The molecule has 0 aliphatic rings. The monoisotopic (exact) mass is 283 g/mol. The predicted molar refractivity (Wildman–Crippen MR) is 70.3 cm³/mol. The Morgan fingerprint density at radius 3 is 2.32 bits per heavy atom. The Balaban J connectivity index is 2.56. The number of carboxylic acid groups (broad SMARTS) is 2. The number of nitrogens with one attached hydrogen (secondary N) is 1. The highest BCUT2D eigenvalue weighted by atomic mass is 32.2. The van der Waals surface area contributed by atoms with E-state index in [4.69, 9.17) is 10.2 Å². The normalized spacial score (nSPS) is 11.6. The number of hydrogen-bond donors (Lipinski definition) is 3. The average molecular weight is 283 g/mol. The molecular formula is C12H13NO5S. The van der Waals surface area contributed by atoms with E-state index >= 15 is 0 Å². The van der Waals surface area contributed by atoms with Gasteiger partial charge >= 0.3 is 11.9 Å². The van der Waals surface area contributed by atoms with Gasteiger partial charge in [-0.1, -0.05) is 18.2 Å². The van der Waals surface area contributed by atoms with E-state index in [-0.39, 0.29) is 11.5 Å². The van der Waals surface area contributed by atoms with Crippen molar-refractivity contribution in [2.24, 2.45) is 0 Å². The summed E-state index contributed by atoms with van der Waals surface area (Å²) in [5.41, 5.74) is 0.358. The van der Waals surface area contributed by atoms with Crippen LogP contribution in [0.5, 0.6) is 0 Å². The number of amides is 1. The lowest BCUT2D eigenvalue weighted by Crippen LogP contribution is -2.42. The number of carbonyl (C=O) groups excluding carboxylic acids is 1. The lowest BCUT2D eigenvalue weighted by molar-refractivity contribution is -0.138. The van der Waals surface area contributed by atoms with E-state index in [9.17, 15) is 14.4 Å². The summed E-state index contributed by atoms with van der Waals surface area (Å²) in [4.78, 5) is 33.1. The van der Waals surface area contributed by atoms with Gasteiger partial charge < -0.3 is 15.5 Å². The zero-order chi connectivity index (χ0) is 14.3. The molecular weight excluding hydrogens is 270 g/mol. The van der Waals surface area contributed by atoms with Crippen LogP contribution in [0.25, 0.3) is 0 Å². The first-order chi connectivity index (χ1) is 9.00. The van der Waals surface area contributed by atoms with E-state index < -0.39 is 23.9 Å². The van der Waals surface area contributed by atoms with Crippen molar-refractivity contribution in [2.75, 3.05) is 11.5 Å². The van der Waals surface area contributed by atoms with Crippen molar-refractivity contribution < 1.29 is 24.6 Å². The molecule has 0 radical (unpaired) electrons. The third-order valence-electron chi connectivity index (χ3n) is 2.15. The van der Waals surface area contributed by atoms with Gasteiger partial charge in [0.25, 0.3) is 5.91 Å². The number of carbonyl (C=O) groups is 3. The molecule has 0 aromatic heterocycles. The minimum Gasteiger partial charge on any atom is -0.481 e. The number of rotatable bonds is 7. The Morgan fingerprint density at radius 1 is 1.16 bits per heavy atom. The Hall–Kier alpha value is -2.02. The van der Waals surface area contributed by atoms with Gasteiger partial charge in [0, 0.05) is 11.3 Å². The molecule has 0 saturated heterocycles. The Bertz CT molecular complexity index is 462. The number of hydrogen-bond acceptors (Lipinski definition) is 4. The van der Waals surface area contributed by atoms with Gasteiger partial charge in [0.05, 0.1) is 5.75 Å². The van der Waals surface area contributed by atoms with Gasteiger partial charge in [0.2, 0.25) is 0 Å². The van der Waals surface area contributed by atoms with Crippen LogP contribution in [0.3, 0.4) is 0 Å². The van der Waals surface area contributed by atoms with Crippen LogP contribution in [-0.2, 0) is 9.59 Å². The molecule has 1 amide bonds. The van der Waals surface area contributed by atoms with Crippen molar-refractivity contribution in [3.8, 4) is 0 Å². The van der Waals surface area contributed by atoms with Crippen molar-refractivity contribution in [1.29, 1.82) is 0 Å². The third-order valence-corrected chi connectivity index (χ3v) is 3.17. The topological polar surface area (TPSA) is 104 Å². The standard InChI is InChI=1S/C12H13NO5S/c14-10(15)7-19-6-9(12(17)18)13-11(16)8-4-2-1-3-5-8/h1-5,9H,6-7H2,(H,13,16)(H,14,15)(H,17,18)/t9-/m0/s1. The maximum atomic E-state index is 11.8. The van der Waals surface area contributed by atoms with Crippen molar-refractivity contribution in [3.05, 3.63) is 35.9 Å². The van der Waals surface area contributed by atoms with E-state index in [0.717, 1.165) is 11.8 Å². The summed E-state index contributed by atoms with van der Waals surface area (Å²) in [6.07, 6.45) is 0. The van der Waals surface area contributed by atoms with Crippen molar-refractivity contribution in [3.63, 3.8) is 0 Å². The summed E-state index contributed by atoms with van der Waals surface area (Å²) in [6, 6.07) is 7.11. The first-order valence-corrected chi connectivity index (χ1v) is 6.54. The fraction of sp³-hybridized carbons (Fsp3) is 0.250. The Labute approximate surface area is 113 Å². The molecule has 3 N–H and O–H groups in total. The lowest BCUT2D eigenvalue weighted by Gasteiger charge is -2.13. The van der Waals surface area contributed by atoms with Gasteiger partial charge in [-0.2, -0.15) is 0 Å². The van der Waals surface area contributed by atoms with Crippen LogP contribution in [-0.4, -0.2) is 45.6 Å². The second-order valence-corrected chi connectivity index (χ2v) is 4.67. The summed E-state index contributed by atoms with van der Waals surface area (Å²) in [6.45, 7) is 0. The van der Waals surface area contributed by atoms with Crippen LogP contribution in [0.15, 0.2) is 30.3 Å². The van der Waals surface area contributed by atoms with E-state index in [2.05, 4.69) is 5.32 Å². The number of thioether (sulfide) groups is 1. The van der Waals surface area contributed by atoms with E-state index in [1.165, 1.54) is 0 Å². The van der Waals surface area contributed by atoms with Gasteiger partial charge in [-0.15, -0.1) is 11.8 Å². The SMILES string of the molecule is O=C(O)CSC[C@H](NC(=O)c1ccccc1)C(=O)O. The smallest absolute Gasteiger partial charge is 0.327 e. The second-order valence-electron chi connectivity index (χ2n) is 3.64. The molecule has 1 aromatic carbocycles. The maximum Gasteiger partial charge on any atom is 0.327 e. The van der Waals surface area contributed by atoms with Crippen molar-refractivity contribution >= 4 is 29.6 Å². The van der Waals surface area contributed by atoms with Crippen LogP contribution in [0.1, 0.15) is 10.4 Å². The second kappa shape index (κ2) is 7.42. The fourth-order valence-corrected chi connectivity index (χ4v) is 2.02. The van der Waals surface area contributed by atoms with Gasteiger partial charge in [-0.3, -0.25) is 9.59 Å². The quantitative estimate of drug-likeness (QED) is 0.680. The van der Waals surface area contributed by atoms with Crippen molar-refractivity contribution in [2.45, 2.75) is 6.04 Å². The molecule has 1 rings (SSSR count). The van der Waals surface area contributed by atoms with Gasteiger partial charge in [0.1, 0.15) is 6.04 Å². The first-order valence-electron chi connectivity index (χ1n) is 5.39. The van der Waals surface area contributed by atoms with Crippen LogP contribution >= 0.6 is 11.8 Å². The minimum atomic E-state index is -1.19. The highest BCUT2D eigenvalue weighted by Gasteiger charge is 2.20. The van der Waals surface area contributed by atoms with Crippen LogP contribution in [0.2, 0.25) is 0 Å². The summed E-state index contributed by atoms with van der Waals surface area (Å²) >= 11 is 0.940. The van der Waals surface area contributed by atoms with E-state index in [1.807, 2.05) is 0 Å². The first kappa shape index (κ1) is 15.0. The molecule has 102 valence electrons. The molecule has 0 heterocycles. The Morgan fingerprint density at radius 2 is 1.79 bits per heavy atom. The molecule has 0 bridgehead atoms. The average Bonchev–Trinajstić information content (AvgIpc) is 2.37. The Kier molecular flexibility index (Phi) is 5.87. The maximum absolute atomic E-state index is 11.8. The third kappa shape index (κ3) is 5.43. The number of aliphatic carboxylic acids is 2.